The van der Waals surface area contributed by atoms with Crippen molar-refractivity contribution in [2.24, 2.45) is 5.92 Å². The predicted molar refractivity (Wildman–Crippen MR) is 73.4 cm³/mol. The van der Waals surface area contributed by atoms with Gasteiger partial charge >= 0.3 is 5.97 Å². The Balaban J connectivity index is 4.09. The van der Waals surface area contributed by atoms with Crippen LogP contribution in [-0.2, 0) is 9.53 Å². The summed E-state index contributed by atoms with van der Waals surface area (Å²) in [5, 5.41) is 13.0. The first-order chi connectivity index (χ1) is 8.21. The second-order valence-electron chi connectivity index (χ2n) is 5.81. The fourth-order valence-electron chi connectivity index (χ4n) is 1.77. The molecule has 0 saturated heterocycles. The first kappa shape index (κ1) is 17.4. The number of hydrogen-bond acceptors (Lipinski definition) is 4. The summed E-state index contributed by atoms with van der Waals surface area (Å²) in [4.78, 5) is 11.7. The van der Waals surface area contributed by atoms with Gasteiger partial charge in [-0.2, -0.15) is 0 Å². The van der Waals surface area contributed by atoms with Gasteiger partial charge in [-0.25, -0.2) is 0 Å². The number of ether oxygens (including phenoxy) is 1. The zero-order chi connectivity index (χ0) is 14.3. The molecule has 0 aromatic carbocycles. The Morgan fingerprint density at radius 3 is 2.17 bits per heavy atom. The highest BCUT2D eigenvalue weighted by Gasteiger charge is 2.23. The Morgan fingerprint density at radius 2 is 1.78 bits per heavy atom. The molecule has 0 fully saturated rings. The van der Waals surface area contributed by atoms with Crippen LogP contribution in [-0.4, -0.2) is 35.4 Å². The molecule has 2 unspecified atom stereocenters. The van der Waals surface area contributed by atoms with Crippen LogP contribution in [0, 0.1) is 5.92 Å². The van der Waals surface area contributed by atoms with Gasteiger partial charge < -0.3 is 15.2 Å². The lowest BCUT2D eigenvalue weighted by atomic mass is 9.96. The Morgan fingerprint density at radius 1 is 1.28 bits per heavy atom. The SMILES string of the molecule is CCC(CC)C(O)CNC(C)C(=O)OC(C)(C)C. The number of aliphatic hydroxyl groups is 1. The lowest BCUT2D eigenvalue weighted by molar-refractivity contribution is -0.157. The van der Waals surface area contributed by atoms with Crippen LogP contribution in [0.2, 0.25) is 0 Å². The molecule has 0 amide bonds. The first-order valence-corrected chi connectivity index (χ1v) is 6.85. The third kappa shape index (κ3) is 6.97. The normalized spacial score (nSPS) is 15.6. The van der Waals surface area contributed by atoms with E-state index in [2.05, 4.69) is 19.2 Å². The van der Waals surface area contributed by atoms with Gasteiger partial charge in [-0.05, 0) is 33.6 Å². The van der Waals surface area contributed by atoms with Crippen molar-refractivity contribution in [3.05, 3.63) is 0 Å². The predicted octanol–water partition coefficient (Wildman–Crippen LogP) is 2.10. The van der Waals surface area contributed by atoms with Crippen LogP contribution in [0.15, 0.2) is 0 Å². The molecule has 2 N–H and O–H groups in total. The van der Waals surface area contributed by atoms with Crippen molar-refractivity contribution in [2.75, 3.05) is 6.54 Å². The molecule has 0 radical (unpaired) electrons. The summed E-state index contributed by atoms with van der Waals surface area (Å²) >= 11 is 0. The van der Waals surface area contributed by atoms with Gasteiger partial charge in [0.15, 0.2) is 0 Å². The monoisotopic (exact) mass is 259 g/mol. The summed E-state index contributed by atoms with van der Waals surface area (Å²) in [5.41, 5.74) is -0.471. The van der Waals surface area contributed by atoms with Crippen molar-refractivity contribution in [2.45, 2.75) is 72.1 Å². The van der Waals surface area contributed by atoms with Crippen molar-refractivity contribution in [1.82, 2.24) is 5.32 Å². The zero-order valence-corrected chi connectivity index (χ0v) is 12.6. The van der Waals surface area contributed by atoms with E-state index in [0.717, 1.165) is 12.8 Å². The molecule has 0 aliphatic heterocycles. The van der Waals surface area contributed by atoms with Gasteiger partial charge in [0, 0.05) is 6.54 Å². The molecule has 4 nitrogen and oxygen atoms in total. The van der Waals surface area contributed by atoms with Gasteiger partial charge in [-0.15, -0.1) is 0 Å². The Kier molecular flexibility index (Phi) is 7.48. The summed E-state index contributed by atoms with van der Waals surface area (Å²) < 4.78 is 5.26. The third-order valence-electron chi connectivity index (χ3n) is 2.99. The molecule has 0 rings (SSSR count). The van der Waals surface area contributed by atoms with Crippen molar-refractivity contribution in [1.29, 1.82) is 0 Å². The molecular formula is C14H29NO3. The zero-order valence-electron chi connectivity index (χ0n) is 12.6. The second kappa shape index (κ2) is 7.74. The highest BCUT2D eigenvalue weighted by atomic mass is 16.6. The van der Waals surface area contributed by atoms with Crippen molar-refractivity contribution < 1.29 is 14.6 Å². The molecule has 0 aliphatic rings. The molecule has 0 aromatic heterocycles. The Bertz CT molecular complexity index is 244. The standard InChI is InChI=1S/C14H29NO3/c1-7-11(8-2)12(16)9-15-10(3)13(17)18-14(4,5)6/h10-12,15-16H,7-9H2,1-6H3. The van der Waals surface area contributed by atoms with E-state index in [1.807, 2.05) is 20.8 Å². The van der Waals surface area contributed by atoms with Crippen molar-refractivity contribution in [3.8, 4) is 0 Å². The largest absolute Gasteiger partial charge is 0.459 e. The van der Waals surface area contributed by atoms with Gasteiger partial charge in [0.25, 0.3) is 0 Å². The highest BCUT2D eigenvalue weighted by molar-refractivity contribution is 5.75. The molecule has 0 saturated carbocycles. The molecule has 0 aliphatic carbocycles. The maximum absolute atomic E-state index is 11.7. The van der Waals surface area contributed by atoms with E-state index in [1.54, 1.807) is 6.92 Å². The number of carbonyl (C=O) groups excluding carboxylic acids is 1. The summed E-state index contributed by atoms with van der Waals surface area (Å²) in [7, 11) is 0. The second-order valence-corrected chi connectivity index (χ2v) is 5.81. The van der Waals surface area contributed by atoms with E-state index in [4.69, 9.17) is 4.74 Å². The van der Waals surface area contributed by atoms with Gasteiger partial charge in [0.1, 0.15) is 11.6 Å². The quantitative estimate of drug-likeness (QED) is 0.687. The molecule has 18 heavy (non-hydrogen) atoms. The number of aliphatic hydroxyl groups excluding tert-OH is 1. The van der Waals surface area contributed by atoms with E-state index in [-0.39, 0.29) is 11.9 Å². The lowest BCUT2D eigenvalue weighted by Crippen LogP contribution is -2.43. The molecular weight excluding hydrogens is 230 g/mol. The molecule has 0 bridgehead atoms. The van der Waals surface area contributed by atoms with E-state index >= 15 is 0 Å². The molecule has 0 spiro atoms. The maximum Gasteiger partial charge on any atom is 0.323 e. The van der Waals surface area contributed by atoms with E-state index in [1.165, 1.54) is 0 Å². The molecule has 108 valence electrons. The molecule has 0 heterocycles. The van der Waals surface area contributed by atoms with Gasteiger partial charge in [-0.1, -0.05) is 26.7 Å². The van der Waals surface area contributed by atoms with E-state index in [0.29, 0.717) is 6.54 Å². The van der Waals surface area contributed by atoms with E-state index in [9.17, 15) is 9.90 Å². The number of hydrogen-bond donors (Lipinski definition) is 2. The summed E-state index contributed by atoms with van der Waals surface area (Å²) in [5.74, 6) is 0.00239. The minimum Gasteiger partial charge on any atom is -0.459 e. The fourth-order valence-corrected chi connectivity index (χ4v) is 1.77. The smallest absolute Gasteiger partial charge is 0.323 e. The minimum atomic E-state index is -0.471. The highest BCUT2D eigenvalue weighted by Crippen LogP contribution is 2.13. The number of carbonyl (C=O) groups is 1. The summed E-state index contributed by atoms with van der Waals surface area (Å²) in [6.07, 6.45) is 1.48. The van der Waals surface area contributed by atoms with Crippen LogP contribution in [0.3, 0.4) is 0 Å². The molecule has 4 heteroatoms. The van der Waals surface area contributed by atoms with Crippen LogP contribution in [0.1, 0.15) is 54.4 Å². The average Bonchev–Trinajstić information content (AvgIpc) is 2.25. The van der Waals surface area contributed by atoms with Crippen LogP contribution < -0.4 is 5.32 Å². The topological polar surface area (TPSA) is 58.6 Å². The number of esters is 1. The third-order valence-corrected chi connectivity index (χ3v) is 2.99. The van der Waals surface area contributed by atoms with Crippen molar-refractivity contribution in [3.63, 3.8) is 0 Å². The number of nitrogens with one attached hydrogen (secondary N) is 1. The fraction of sp³-hybridized carbons (Fsp3) is 0.929. The maximum atomic E-state index is 11.7. The van der Waals surface area contributed by atoms with Crippen LogP contribution in [0.4, 0.5) is 0 Å². The molecule has 2 atom stereocenters. The van der Waals surface area contributed by atoms with Crippen LogP contribution in [0.25, 0.3) is 0 Å². The van der Waals surface area contributed by atoms with Crippen molar-refractivity contribution >= 4 is 5.97 Å². The van der Waals surface area contributed by atoms with Gasteiger partial charge in [-0.3, -0.25) is 4.79 Å². The number of rotatable bonds is 7. The summed E-state index contributed by atoms with van der Waals surface area (Å²) in [6, 6.07) is -0.395. The van der Waals surface area contributed by atoms with E-state index < -0.39 is 17.7 Å². The van der Waals surface area contributed by atoms with Crippen LogP contribution in [0.5, 0.6) is 0 Å². The Hall–Kier alpha value is -0.610. The molecule has 0 aromatic rings. The Labute approximate surface area is 111 Å². The first-order valence-electron chi connectivity index (χ1n) is 6.85. The van der Waals surface area contributed by atoms with Gasteiger partial charge in [0.2, 0.25) is 0 Å². The van der Waals surface area contributed by atoms with Crippen LogP contribution >= 0.6 is 0 Å². The van der Waals surface area contributed by atoms with Gasteiger partial charge in [0.05, 0.1) is 6.10 Å². The average molecular weight is 259 g/mol. The minimum absolute atomic E-state index is 0.278. The summed E-state index contributed by atoms with van der Waals surface area (Å²) in [6.45, 7) is 11.8. The lowest BCUT2D eigenvalue weighted by Gasteiger charge is -2.25.